The van der Waals surface area contributed by atoms with E-state index in [1.807, 2.05) is 18.2 Å². The van der Waals surface area contributed by atoms with E-state index in [0.717, 1.165) is 23.6 Å². The fourth-order valence-corrected chi connectivity index (χ4v) is 1.24. The maximum Gasteiger partial charge on any atom is 0.231 e. The molecular formula is C10H11NO2. The van der Waals surface area contributed by atoms with Crippen LogP contribution in [0.1, 0.15) is 5.56 Å². The van der Waals surface area contributed by atoms with Gasteiger partial charge in [0, 0.05) is 6.54 Å². The van der Waals surface area contributed by atoms with Crippen LogP contribution in [0.4, 0.5) is 0 Å². The van der Waals surface area contributed by atoms with Crippen LogP contribution in [0.5, 0.6) is 11.5 Å². The molecule has 1 aliphatic heterocycles. The first-order valence-corrected chi connectivity index (χ1v) is 4.13. The number of hydrogen-bond donors (Lipinski definition) is 1. The maximum absolute atomic E-state index is 5.24. The summed E-state index contributed by atoms with van der Waals surface area (Å²) in [4.78, 5) is 0. The number of ether oxygens (including phenoxy) is 2. The van der Waals surface area contributed by atoms with Gasteiger partial charge in [0.25, 0.3) is 0 Å². The minimum Gasteiger partial charge on any atom is -0.454 e. The molecule has 0 spiro atoms. The van der Waals surface area contributed by atoms with Crippen LogP contribution in [-0.4, -0.2) is 6.79 Å². The highest BCUT2D eigenvalue weighted by atomic mass is 16.7. The van der Waals surface area contributed by atoms with Gasteiger partial charge in [-0.2, -0.15) is 0 Å². The lowest BCUT2D eigenvalue weighted by atomic mass is 10.2. The van der Waals surface area contributed by atoms with E-state index in [0.29, 0.717) is 6.79 Å². The van der Waals surface area contributed by atoms with Crippen LogP contribution in [0.25, 0.3) is 0 Å². The van der Waals surface area contributed by atoms with Crippen LogP contribution in [-0.2, 0) is 6.54 Å². The minimum atomic E-state index is 0.327. The van der Waals surface area contributed by atoms with E-state index >= 15 is 0 Å². The van der Waals surface area contributed by atoms with E-state index < -0.39 is 0 Å². The summed E-state index contributed by atoms with van der Waals surface area (Å²) in [5.41, 5.74) is 1.16. The Labute approximate surface area is 77.0 Å². The zero-order valence-corrected chi connectivity index (χ0v) is 7.25. The Kier molecular flexibility index (Phi) is 2.08. The molecule has 13 heavy (non-hydrogen) atoms. The van der Waals surface area contributed by atoms with Crippen LogP contribution in [0.15, 0.2) is 31.0 Å². The number of benzene rings is 1. The van der Waals surface area contributed by atoms with Gasteiger partial charge in [0.2, 0.25) is 6.79 Å². The highest BCUT2D eigenvalue weighted by Gasteiger charge is 2.12. The fraction of sp³-hybridized carbons (Fsp3) is 0.200. The number of rotatable bonds is 3. The summed E-state index contributed by atoms with van der Waals surface area (Å²) in [5, 5.41) is 3.02. The smallest absolute Gasteiger partial charge is 0.231 e. The van der Waals surface area contributed by atoms with Gasteiger partial charge in [-0.25, -0.2) is 0 Å². The van der Waals surface area contributed by atoms with Gasteiger partial charge in [-0.05, 0) is 23.9 Å². The molecular weight excluding hydrogens is 166 g/mol. The molecule has 1 N–H and O–H groups in total. The second kappa shape index (κ2) is 3.39. The number of fused-ring (bicyclic) bond motifs is 1. The normalized spacial score (nSPS) is 12.6. The average Bonchev–Trinajstić information content (AvgIpc) is 2.61. The van der Waals surface area contributed by atoms with Crippen molar-refractivity contribution in [3.05, 3.63) is 36.5 Å². The van der Waals surface area contributed by atoms with Crippen molar-refractivity contribution in [2.24, 2.45) is 0 Å². The summed E-state index contributed by atoms with van der Waals surface area (Å²) >= 11 is 0. The Morgan fingerprint density at radius 2 is 2.23 bits per heavy atom. The molecule has 0 unspecified atom stereocenters. The third kappa shape index (κ3) is 1.59. The average molecular weight is 177 g/mol. The predicted octanol–water partition coefficient (Wildman–Crippen LogP) is 1.65. The zero-order chi connectivity index (χ0) is 9.10. The molecule has 1 aromatic rings. The molecule has 0 bridgehead atoms. The third-order valence-electron chi connectivity index (χ3n) is 1.89. The molecule has 3 nitrogen and oxygen atoms in total. The summed E-state index contributed by atoms with van der Waals surface area (Å²) in [6.45, 7) is 4.67. The predicted molar refractivity (Wildman–Crippen MR) is 49.6 cm³/mol. The van der Waals surface area contributed by atoms with Gasteiger partial charge in [-0.15, -0.1) is 0 Å². The molecule has 0 saturated heterocycles. The zero-order valence-electron chi connectivity index (χ0n) is 7.25. The first kappa shape index (κ1) is 7.98. The van der Waals surface area contributed by atoms with Crippen LogP contribution in [0.3, 0.4) is 0 Å². The standard InChI is InChI=1S/C10H11NO2/c1-2-11-6-8-3-4-9-10(5-8)13-7-12-9/h2-5,11H,1,6-7H2. The highest BCUT2D eigenvalue weighted by molar-refractivity contribution is 5.44. The van der Waals surface area contributed by atoms with Crippen molar-refractivity contribution in [2.75, 3.05) is 6.79 Å². The molecule has 1 aromatic carbocycles. The molecule has 0 aromatic heterocycles. The molecule has 0 atom stereocenters. The van der Waals surface area contributed by atoms with Crippen molar-refractivity contribution in [3.8, 4) is 11.5 Å². The highest BCUT2D eigenvalue weighted by Crippen LogP contribution is 2.32. The molecule has 68 valence electrons. The quantitative estimate of drug-likeness (QED) is 0.761. The van der Waals surface area contributed by atoms with Crippen LogP contribution < -0.4 is 14.8 Å². The van der Waals surface area contributed by atoms with Crippen molar-refractivity contribution in [2.45, 2.75) is 6.54 Å². The van der Waals surface area contributed by atoms with Gasteiger partial charge in [0.1, 0.15) is 0 Å². The van der Waals surface area contributed by atoms with E-state index in [9.17, 15) is 0 Å². The van der Waals surface area contributed by atoms with Crippen LogP contribution in [0, 0.1) is 0 Å². The van der Waals surface area contributed by atoms with Gasteiger partial charge < -0.3 is 14.8 Å². The monoisotopic (exact) mass is 177 g/mol. The van der Waals surface area contributed by atoms with Crippen molar-refractivity contribution < 1.29 is 9.47 Å². The van der Waals surface area contributed by atoms with Gasteiger partial charge in [0.15, 0.2) is 11.5 Å². The molecule has 0 radical (unpaired) electrons. The Balaban J connectivity index is 2.16. The molecule has 0 fully saturated rings. The fourth-order valence-electron chi connectivity index (χ4n) is 1.24. The van der Waals surface area contributed by atoms with Crippen LogP contribution in [0.2, 0.25) is 0 Å². The SMILES string of the molecule is C=CNCc1ccc2c(c1)OCO2. The third-order valence-corrected chi connectivity index (χ3v) is 1.89. The second-order valence-corrected chi connectivity index (χ2v) is 2.77. The van der Waals surface area contributed by atoms with Crippen molar-refractivity contribution >= 4 is 0 Å². The molecule has 3 heteroatoms. The van der Waals surface area contributed by atoms with Crippen molar-refractivity contribution in [1.82, 2.24) is 5.32 Å². The first-order valence-electron chi connectivity index (χ1n) is 4.13. The summed E-state index contributed by atoms with van der Waals surface area (Å²) in [7, 11) is 0. The molecule has 0 amide bonds. The van der Waals surface area contributed by atoms with Gasteiger partial charge in [0.05, 0.1) is 0 Å². The lowest BCUT2D eigenvalue weighted by Gasteiger charge is -2.02. The molecule has 0 aliphatic carbocycles. The lowest BCUT2D eigenvalue weighted by molar-refractivity contribution is 0.174. The Morgan fingerprint density at radius 3 is 3.08 bits per heavy atom. The van der Waals surface area contributed by atoms with E-state index in [2.05, 4.69) is 11.9 Å². The number of hydrogen-bond acceptors (Lipinski definition) is 3. The van der Waals surface area contributed by atoms with E-state index in [4.69, 9.17) is 9.47 Å². The molecule has 0 saturated carbocycles. The summed E-state index contributed by atoms with van der Waals surface area (Å²) in [6.07, 6.45) is 1.67. The summed E-state index contributed by atoms with van der Waals surface area (Å²) < 4.78 is 10.4. The van der Waals surface area contributed by atoms with Crippen LogP contribution >= 0.6 is 0 Å². The van der Waals surface area contributed by atoms with Gasteiger partial charge in [-0.1, -0.05) is 12.6 Å². The van der Waals surface area contributed by atoms with Crippen molar-refractivity contribution in [1.29, 1.82) is 0 Å². The van der Waals surface area contributed by atoms with Gasteiger partial charge >= 0.3 is 0 Å². The molecule has 1 aliphatic rings. The lowest BCUT2D eigenvalue weighted by Crippen LogP contribution is -2.02. The summed E-state index contributed by atoms with van der Waals surface area (Å²) in [6, 6.07) is 5.89. The molecule has 1 heterocycles. The summed E-state index contributed by atoms with van der Waals surface area (Å²) in [5.74, 6) is 1.64. The Hall–Kier alpha value is -1.64. The largest absolute Gasteiger partial charge is 0.454 e. The minimum absolute atomic E-state index is 0.327. The van der Waals surface area contributed by atoms with Crippen molar-refractivity contribution in [3.63, 3.8) is 0 Å². The van der Waals surface area contributed by atoms with E-state index in [1.54, 1.807) is 6.20 Å². The Morgan fingerprint density at radius 1 is 1.38 bits per heavy atom. The second-order valence-electron chi connectivity index (χ2n) is 2.77. The van der Waals surface area contributed by atoms with E-state index in [-0.39, 0.29) is 0 Å². The number of nitrogens with one attached hydrogen (secondary N) is 1. The van der Waals surface area contributed by atoms with Gasteiger partial charge in [-0.3, -0.25) is 0 Å². The Bertz CT molecular complexity index is 323. The maximum atomic E-state index is 5.24. The first-order chi connectivity index (χ1) is 6.40. The van der Waals surface area contributed by atoms with E-state index in [1.165, 1.54) is 0 Å². The molecule has 2 rings (SSSR count). The topological polar surface area (TPSA) is 30.5 Å².